The van der Waals surface area contributed by atoms with Crippen LogP contribution in [0.4, 0.5) is 4.79 Å². The third kappa shape index (κ3) is 2.29. The Kier molecular flexibility index (Phi) is 3.63. The Labute approximate surface area is 123 Å². The zero-order chi connectivity index (χ0) is 14.9. The number of aromatic nitrogens is 1. The summed E-state index contributed by atoms with van der Waals surface area (Å²) in [6.07, 6.45) is 6.93. The molecule has 1 aromatic rings. The molecule has 2 aliphatic rings. The number of hydrogen-bond acceptors (Lipinski definition) is 4. The van der Waals surface area contributed by atoms with Crippen molar-refractivity contribution in [1.82, 2.24) is 15.2 Å². The summed E-state index contributed by atoms with van der Waals surface area (Å²) in [5.41, 5.74) is 5.89. The van der Waals surface area contributed by atoms with Gasteiger partial charge in [0.15, 0.2) is 0 Å². The highest BCUT2D eigenvalue weighted by atomic mass is 16.2. The second-order valence-corrected chi connectivity index (χ2v) is 5.83. The monoisotopic (exact) mass is 288 g/mol. The molecule has 3 N–H and O–H groups in total. The van der Waals surface area contributed by atoms with E-state index in [1.54, 1.807) is 18.5 Å². The van der Waals surface area contributed by atoms with Crippen molar-refractivity contribution in [3.63, 3.8) is 0 Å². The predicted molar refractivity (Wildman–Crippen MR) is 77.1 cm³/mol. The smallest absolute Gasteiger partial charge is 0.325 e. The highest BCUT2D eigenvalue weighted by molar-refractivity contribution is 6.07. The fourth-order valence-electron chi connectivity index (χ4n) is 3.47. The van der Waals surface area contributed by atoms with E-state index in [1.807, 2.05) is 6.07 Å². The maximum Gasteiger partial charge on any atom is 0.325 e. The van der Waals surface area contributed by atoms with Gasteiger partial charge in [0.1, 0.15) is 5.54 Å². The van der Waals surface area contributed by atoms with Crippen LogP contribution in [0, 0.1) is 5.92 Å². The zero-order valence-electron chi connectivity index (χ0n) is 11.9. The van der Waals surface area contributed by atoms with Crippen LogP contribution < -0.4 is 11.1 Å². The number of rotatable bonds is 3. The summed E-state index contributed by atoms with van der Waals surface area (Å²) in [5, 5.41) is 2.93. The molecule has 0 aromatic carbocycles. The Hall–Kier alpha value is -1.95. The molecule has 0 bridgehead atoms. The summed E-state index contributed by atoms with van der Waals surface area (Å²) in [7, 11) is 0. The lowest BCUT2D eigenvalue weighted by Gasteiger charge is -2.38. The number of imide groups is 1. The summed E-state index contributed by atoms with van der Waals surface area (Å²) >= 11 is 0. The van der Waals surface area contributed by atoms with Crippen molar-refractivity contribution in [2.24, 2.45) is 11.7 Å². The van der Waals surface area contributed by atoms with Crippen LogP contribution in [-0.4, -0.2) is 33.9 Å². The quantitative estimate of drug-likeness (QED) is 0.813. The summed E-state index contributed by atoms with van der Waals surface area (Å²) in [6, 6.07) is 3.34. The fraction of sp³-hybridized carbons (Fsp3) is 0.533. The molecule has 2 heterocycles. The summed E-state index contributed by atoms with van der Waals surface area (Å²) in [6.45, 7) is 0.685. The van der Waals surface area contributed by atoms with Gasteiger partial charge in [0.05, 0.1) is 6.54 Å². The van der Waals surface area contributed by atoms with Gasteiger partial charge in [-0.05, 0) is 31.0 Å². The lowest BCUT2D eigenvalue weighted by Crippen LogP contribution is -2.56. The molecule has 1 aliphatic heterocycles. The van der Waals surface area contributed by atoms with E-state index in [2.05, 4.69) is 10.3 Å². The molecular weight excluding hydrogens is 268 g/mol. The number of nitrogens with zero attached hydrogens (tertiary/aromatic N) is 2. The zero-order valence-corrected chi connectivity index (χ0v) is 11.9. The van der Waals surface area contributed by atoms with Gasteiger partial charge in [-0.3, -0.25) is 14.7 Å². The van der Waals surface area contributed by atoms with Gasteiger partial charge < -0.3 is 11.1 Å². The highest BCUT2D eigenvalue weighted by Crippen LogP contribution is 2.38. The van der Waals surface area contributed by atoms with Crippen LogP contribution in [0.3, 0.4) is 0 Å². The summed E-state index contributed by atoms with van der Waals surface area (Å²) in [5.74, 6) is -0.104. The molecule has 6 heteroatoms. The van der Waals surface area contributed by atoms with Gasteiger partial charge in [0.2, 0.25) is 0 Å². The molecule has 3 amide bonds. The topological polar surface area (TPSA) is 88.3 Å². The van der Waals surface area contributed by atoms with Crippen LogP contribution in [0.5, 0.6) is 0 Å². The van der Waals surface area contributed by atoms with Crippen molar-refractivity contribution in [2.75, 3.05) is 6.54 Å². The molecule has 1 spiro atoms. The lowest BCUT2D eigenvalue weighted by atomic mass is 9.72. The Morgan fingerprint density at radius 3 is 3.00 bits per heavy atom. The number of hydrogen-bond donors (Lipinski definition) is 2. The van der Waals surface area contributed by atoms with Crippen molar-refractivity contribution in [1.29, 1.82) is 0 Å². The SMILES string of the molecule is NCC1CCCCC12NC(=O)N(Cc1cccnc1)C2=O. The van der Waals surface area contributed by atoms with Gasteiger partial charge >= 0.3 is 6.03 Å². The van der Waals surface area contributed by atoms with E-state index >= 15 is 0 Å². The highest BCUT2D eigenvalue weighted by Gasteiger charge is 2.55. The second kappa shape index (κ2) is 5.44. The van der Waals surface area contributed by atoms with Gasteiger partial charge in [0.25, 0.3) is 5.91 Å². The lowest BCUT2D eigenvalue weighted by molar-refractivity contribution is -0.134. The van der Waals surface area contributed by atoms with E-state index in [9.17, 15) is 9.59 Å². The average Bonchev–Trinajstić information content (AvgIpc) is 2.74. The maximum absolute atomic E-state index is 12.8. The van der Waals surface area contributed by atoms with Gasteiger partial charge in [-0.15, -0.1) is 0 Å². The van der Waals surface area contributed by atoms with Gasteiger partial charge in [0, 0.05) is 18.3 Å². The van der Waals surface area contributed by atoms with E-state index < -0.39 is 5.54 Å². The number of amides is 3. The Bertz CT molecular complexity index is 548. The predicted octanol–water partition coefficient (Wildman–Crippen LogP) is 1.02. The standard InChI is InChI=1S/C15H20N4O2/c16-8-12-5-1-2-6-15(12)13(20)19(14(21)18-15)10-11-4-3-7-17-9-11/h3-4,7,9,12H,1-2,5-6,8,10,16H2,(H,18,21). The number of carbonyl (C=O) groups is 2. The minimum absolute atomic E-state index is 0.0293. The molecule has 1 saturated heterocycles. The molecule has 6 nitrogen and oxygen atoms in total. The third-order valence-corrected chi connectivity index (χ3v) is 4.62. The van der Waals surface area contributed by atoms with Crippen LogP contribution in [0.25, 0.3) is 0 Å². The van der Waals surface area contributed by atoms with Crippen molar-refractivity contribution in [2.45, 2.75) is 37.8 Å². The molecule has 1 aromatic heterocycles. The minimum atomic E-state index is -0.785. The molecular formula is C15H20N4O2. The largest absolute Gasteiger partial charge is 0.330 e. The molecule has 2 fully saturated rings. The van der Waals surface area contributed by atoms with Crippen LogP contribution in [0.15, 0.2) is 24.5 Å². The number of urea groups is 1. The van der Waals surface area contributed by atoms with Crippen LogP contribution >= 0.6 is 0 Å². The van der Waals surface area contributed by atoms with Gasteiger partial charge in [-0.1, -0.05) is 18.9 Å². The van der Waals surface area contributed by atoms with E-state index in [0.29, 0.717) is 13.0 Å². The summed E-state index contributed by atoms with van der Waals surface area (Å²) < 4.78 is 0. The first-order chi connectivity index (χ1) is 10.2. The average molecular weight is 288 g/mol. The number of nitrogens with one attached hydrogen (secondary N) is 1. The number of nitrogens with two attached hydrogens (primary N) is 1. The molecule has 112 valence electrons. The Balaban J connectivity index is 1.84. The van der Waals surface area contributed by atoms with Crippen molar-refractivity contribution in [3.05, 3.63) is 30.1 Å². The molecule has 21 heavy (non-hydrogen) atoms. The molecule has 2 unspecified atom stereocenters. The van der Waals surface area contributed by atoms with E-state index in [-0.39, 0.29) is 24.4 Å². The first-order valence-corrected chi connectivity index (χ1v) is 7.40. The Morgan fingerprint density at radius 1 is 1.43 bits per heavy atom. The molecule has 2 atom stereocenters. The van der Waals surface area contributed by atoms with E-state index in [1.165, 1.54) is 4.90 Å². The molecule has 0 radical (unpaired) electrons. The van der Waals surface area contributed by atoms with E-state index in [0.717, 1.165) is 24.8 Å². The second-order valence-electron chi connectivity index (χ2n) is 5.83. The minimum Gasteiger partial charge on any atom is -0.330 e. The van der Waals surface area contributed by atoms with Crippen molar-refractivity contribution in [3.8, 4) is 0 Å². The first kappa shape index (κ1) is 14.0. The van der Waals surface area contributed by atoms with E-state index in [4.69, 9.17) is 5.73 Å². The van der Waals surface area contributed by atoms with Gasteiger partial charge in [-0.25, -0.2) is 4.79 Å². The number of pyridine rings is 1. The third-order valence-electron chi connectivity index (χ3n) is 4.62. The van der Waals surface area contributed by atoms with Gasteiger partial charge in [-0.2, -0.15) is 0 Å². The molecule has 1 aliphatic carbocycles. The van der Waals surface area contributed by atoms with Crippen molar-refractivity contribution >= 4 is 11.9 Å². The normalized spacial score (nSPS) is 29.0. The van der Waals surface area contributed by atoms with Crippen LogP contribution in [0.1, 0.15) is 31.2 Å². The van der Waals surface area contributed by atoms with Crippen molar-refractivity contribution < 1.29 is 9.59 Å². The first-order valence-electron chi connectivity index (χ1n) is 7.40. The Morgan fingerprint density at radius 2 is 2.29 bits per heavy atom. The van der Waals surface area contributed by atoms with Crippen LogP contribution in [0.2, 0.25) is 0 Å². The maximum atomic E-state index is 12.8. The molecule has 1 saturated carbocycles. The van der Waals surface area contributed by atoms with Crippen LogP contribution in [-0.2, 0) is 11.3 Å². The fourth-order valence-corrected chi connectivity index (χ4v) is 3.47. The molecule has 3 rings (SSSR count). The number of carbonyl (C=O) groups excluding carboxylic acids is 2. The summed E-state index contributed by atoms with van der Waals surface area (Å²) in [4.78, 5) is 30.4.